The van der Waals surface area contributed by atoms with E-state index in [1.54, 1.807) is 0 Å². The van der Waals surface area contributed by atoms with Crippen molar-refractivity contribution in [2.45, 2.75) is 13.3 Å². The Balaban J connectivity index is 1.93. The van der Waals surface area contributed by atoms with Crippen LogP contribution >= 0.6 is 0 Å². The van der Waals surface area contributed by atoms with Gasteiger partial charge in [-0.25, -0.2) is 0 Å². The summed E-state index contributed by atoms with van der Waals surface area (Å²) in [4.78, 5) is 0. The highest BCUT2D eigenvalue weighted by molar-refractivity contribution is 5.54. The summed E-state index contributed by atoms with van der Waals surface area (Å²) in [5.74, 6) is 1.65. The zero-order valence-corrected chi connectivity index (χ0v) is 10.2. The Morgan fingerprint density at radius 3 is 2.88 bits per heavy atom. The van der Waals surface area contributed by atoms with Crippen molar-refractivity contribution >= 4 is 5.69 Å². The lowest BCUT2D eigenvalue weighted by atomic mass is 10.2. The van der Waals surface area contributed by atoms with Crippen molar-refractivity contribution in [3.05, 3.63) is 18.2 Å². The molecule has 0 amide bonds. The Hall–Kier alpha value is -1.42. The maximum atomic E-state index is 5.62. The molecule has 1 aliphatic heterocycles. The van der Waals surface area contributed by atoms with Crippen LogP contribution in [0.25, 0.3) is 0 Å². The lowest BCUT2D eigenvalue weighted by Crippen LogP contribution is -2.09. The van der Waals surface area contributed by atoms with Crippen LogP contribution < -0.4 is 14.8 Å². The van der Waals surface area contributed by atoms with Crippen molar-refractivity contribution < 1.29 is 14.2 Å². The maximum absolute atomic E-state index is 5.62. The molecule has 0 aliphatic carbocycles. The van der Waals surface area contributed by atoms with Crippen LogP contribution in [0.15, 0.2) is 18.2 Å². The Labute approximate surface area is 102 Å². The van der Waals surface area contributed by atoms with E-state index in [1.165, 1.54) is 0 Å². The van der Waals surface area contributed by atoms with E-state index in [9.17, 15) is 0 Å². The number of hydrogen-bond acceptors (Lipinski definition) is 4. The van der Waals surface area contributed by atoms with Crippen LogP contribution in [0.3, 0.4) is 0 Å². The van der Waals surface area contributed by atoms with Gasteiger partial charge in [0, 0.05) is 31.3 Å². The summed E-state index contributed by atoms with van der Waals surface area (Å²) in [5, 5.41) is 3.29. The van der Waals surface area contributed by atoms with Crippen LogP contribution in [0.2, 0.25) is 0 Å². The molecule has 1 N–H and O–H groups in total. The first-order valence-electron chi connectivity index (χ1n) is 6.11. The smallest absolute Gasteiger partial charge is 0.163 e. The molecular weight excluding hydrogens is 218 g/mol. The standard InChI is InChI=1S/C13H19NO3/c1-2-15-9-6-14-11-4-5-12-13(10-11)17-8-3-7-16-12/h4-5,10,14H,2-3,6-9H2,1H3. The number of anilines is 1. The lowest BCUT2D eigenvalue weighted by molar-refractivity contribution is 0.158. The Bertz CT molecular complexity index is 355. The molecule has 94 valence electrons. The van der Waals surface area contributed by atoms with E-state index >= 15 is 0 Å². The molecule has 4 heteroatoms. The minimum absolute atomic E-state index is 0.713. The minimum Gasteiger partial charge on any atom is -0.490 e. The van der Waals surface area contributed by atoms with Gasteiger partial charge in [-0.1, -0.05) is 0 Å². The monoisotopic (exact) mass is 237 g/mol. The predicted octanol–water partition coefficient (Wildman–Crippen LogP) is 2.30. The van der Waals surface area contributed by atoms with Gasteiger partial charge in [-0.3, -0.25) is 0 Å². The highest BCUT2D eigenvalue weighted by Crippen LogP contribution is 2.32. The molecule has 0 saturated carbocycles. The van der Waals surface area contributed by atoms with E-state index < -0.39 is 0 Å². The summed E-state index contributed by atoms with van der Waals surface area (Å²) in [6.45, 7) is 5.70. The number of rotatable bonds is 5. The second kappa shape index (κ2) is 6.35. The average molecular weight is 237 g/mol. The number of hydrogen-bond donors (Lipinski definition) is 1. The molecule has 0 spiro atoms. The first-order chi connectivity index (χ1) is 8.40. The molecule has 4 nitrogen and oxygen atoms in total. The molecule has 0 bridgehead atoms. The molecule has 0 atom stereocenters. The number of fused-ring (bicyclic) bond motifs is 1. The van der Waals surface area contributed by atoms with Gasteiger partial charge in [0.05, 0.1) is 19.8 Å². The van der Waals surface area contributed by atoms with E-state index in [2.05, 4.69) is 5.32 Å². The lowest BCUT2D eigenvalue weighted by Gasteiger charge is -2.11. The van der Waals surface area contributed by atoms with Crippen LogP contribution in [0.1, 0.15) is 13.3 Å². The molecule has 1 aromatic rings. The fourth-order valence-electron chi connectivity index (χ4n) is 1.69. The Kier molecular flexibility index (Phi) is 4.50. The van der Waals surface area contributed by atoms with Gasteiger partial charge in [0.15, 0.2) is 11.5 Å². The summed E-state index contributed by atoms with van der Waals surface area (Å²) in [6.07, 6.45) is 0.932. The van der Waals surface area contributed by atoms with Crippen LogP contribution in [-0.4, -0.2) is 33.0 Å². The largest absolute Gasteiger partial charge is 0.490 e. The molecule has 1 heterocycles. The third-order valence-electron chi connectivity index (χ3n) is 2.53. The molecule has 0 radical (unpaired) electrons. The summed E-state index contributed by atoms with van der Waals surface area (Å²) in [7, 11) is 0. The molecule has 0 fully saturated rings. The van der Waals surface area contributed by atoms with E-state index in [0.29, 0.717) is 6.61 Å². The van der Waals surface area contributed by atoms with Gasteiger partial charge in [-0.2, -0.15) is 0 Å². The van der Waals surface area contributed by atoms with Gasteiger partial charge < -0.3 is 19.5 Å². The van der Waals surface area contributed by atoms with Crippen LogP contribution in [0, 0.1) is 0 Å². The summed E-state index contributed by atoms with van der Waals surface area (Å²) in [6, 6.07) is 5.93. The van der Waals surface area contributed by atoms with Gasteiger partial charge in [0.2, 0.25) is 0 Å². The fourth-order valence-corrected chi connectivity index (χ4v) is 1.69. The topological polar surface area (TPSA) is 39.7 Å². The van der Waals surface area contributed by atoms with E-state index in [-0.39, 0.29) is 0 Å². The van der Waals surface area contributed by atoms with Crippen molar-refractivity contribution in [1.29, 1.82) is 0 Å². The molecule has 1 aromatic carbocycles. The summed E-state index contributed by atoms with van der Waals surface area (Å²) >= 11 is 0. The SMILES string of the molecule is CCOCCNc1ccc2c(c1)OCCCO2. The predicted molar refractivity (Wildman–Crippen MR) is 67.0 cm³/mol. The molecular formula is C13H19NO3. The van der Waals surface area contributed by atoms with E-state index in [1.807, 2.05) is 25.1 Å². The summed E-state index contributed by atoms with van der Waals surface area (Å²) < 4.78 is 16.5. The third-order valence-corrected chi connectivity index (χ3v) is 2.53. The quantitative estimate of drug-likeness (QED) is 0.798. The highest BCUT2D eigenvalue weighted by atomic mass is 16.5. The molecule has 0 saturated heterocycles. The normalized spacial score (nSPS) is 14.2. The Morgan fingerprint density at radius 1 is 1.24 bits per heavy atom. The van der Waals surface area contributed by atoms with Crippen molar-refractivity contribution in [2.24, 2.45) is 0 Å². The molecule has 2 rings (SSSR count). The number of benzene rings is 1. The maximum Gasteiger partial charge on any atom is 0.163 e. The van der Waals surface area contributed by atoms with Crippen LogP contribution in [-0.2, 0) is 4.74 Å². The van der Waals surface area contributed by atoms with Gasteiger partial charge in [0.1, 0.15) is 0 Å². The van der Waals surface area contributed by atoms with Crippen molar-refractivity contribution in [2.75, 3.05) is 38.3 Å². The first-order valence-corrected chi connectivity index (χ1v) is 6.11. The molecule has 1 aliphatic rings. The van der Waals surface area contributed by atoms with Gasteiger partial charge in [-0.15, -0.1) is 0 Å². The first kappa shape index (κ1) is 12.0. The van der Waals surface area contributed by atoms with E-state index in [0.717, 1.165) is 50.0 Å². The third kappa shape index (κ3) is 3.53. The van der Waals surface area contributed by atoms with Crippen molar-refractivity contribution in [3.8, 4) is 11.5 Å². The highest BCUT2D eigenvalue weighted by Gasteiger charge is 2.10. The van der Waals surface area contributed by atoms with Crippen LogP contribution in [0.5, 0.6) is 11.5 Å². The number of nitrogens with one attached hydrogen (secondary N) is 1. The average Bonchev–Trinajstić information content (AvgIpc) is 2.59. The molecule has 0 unspecified atom stereocenters. The number of ether oxygens (including phenoxy) is 3. The second-order valence-corrected chi connectivity index (χ2v) is 3.84. The van der Waals surface area contributed by atoms with Crippen LogP contribution in [0.4, 0.5) is 5.69 Å². The van der Waals surface area contributed by atoms with Gasteiger partial charge in [-0.05, 0) is 19.1 Å². The van der Waals surface area contributed by atoms with E-state index in [4.69, 9.17) is 14.2 Å². The van der Waals surface area contributed by atoms with Crippen molar-refractivity contribution in [3.63, 3.8) is 0 Å². The minimum atomic E-state index is 0.713. The zero-order chi connectivity index (χ0) is 11.9. The molecule has 0 aromatic heterocycles. The van der Waals surface area contributed by atoms with Crippen molar-refractivity contribution in [1.82, 2.24) is 0 Å². The Morgan fingerprint density at radius 2 is 2.06 bits per heavy atom. The van der Waals surface area contributed by atoms with Gasteiger partial charge >= 0.3 is 0 Å². The fraction of sp³-hybridized carbons (Fsp3) is 0.538. The zero-order valence-electron chi connectivity index (χ0n) is 10.2. The van der Waals surface area contributed by atoms with Gasteiger partial charge in [0.25, 0.3) is 0 Å². The summed E-state index contributed by atoms with van der Waals surface area (Å²) in [5.41, 5.74) is 1.04. The molecule has 17 heavy (non-hydrogen) atoms. The second-order valence-electron chi connectivity index (χ2n) is 3.84.